The molecule has 1 amide bonds. The van der Waals surface area contributed by atoms with Gasteiger partial charge in [-0.3, -0.25) is 9.59 Å². The molecular weight excluding hydrogens is 270 g/mol. The standard InChI is InChI=1S/C15H23N3O3/c1-21-14-7-8-15(20)18(17-14)11-13(19)16-10-9-12-5-3-2-4-6-12/h7-8,12H,2-6,9-11H2,1H3,(H,16,19). The van der Waals surface area contributed by atoms with Crippen LogP contribution in [-0.4, -0.2) is 29.3 Å². The Hall–Kier alpha value is -1.85. The number of methoxy groups -OCH3 is 1. The van der Waals surface area contributed by atoms with E-state index in [4.69, 9.17) is 4.74 Å². The van der Waals surface area contributed by atoms with Gasteiger partial charge in [0, 0.05) is 18.7 Å². The van der Waals surface area contributed by atoms with Gasteiger partial charge in [0.1, 0.15) is 6.54 Å². The van der Waals surface area contributed by atoms with Gasteiger partial charge in [0.15, 0.2) is 0 Å². The molecule has 0 radical (unpaired) electrons. The number of rotatable bonds is 6. The minimum Gasteiger partial charge on any atom is -0.480 e. The third kappa shape index (κ3) is 4.88. The maximum Gasteiger partial charge on any atom is 0.267 e. The second-order valence-electron chi connectivity index (χ2n) is 5.51. The molecule has 1 aliphatic carbocycles. The van der Waals surface area contributed by atoms with Crippen LogP contribution >= 0.6 is 0 Å². The van der Waals surface area contributed by atoms with E-state index >= 15 is 0 Å². The summed E-state index contributed by atoms with van der Waals surface area (Å²) in [6.07, 6.45) is 7.52. The highest BCUT2D eigenvalue weighted by Crippen LogP contribution is 2.25. The van der Waals surface area contributed by atoms with Gasteiger partial charge in [-0.15, -0.1) is 5.10 Å². The fraction of sp³-hybridized carbons (Fsp3) is 0.667. The highest BCUT2D eigenvalue weighted by Gasteiger charge is 2.13. The molecule has 1 saturated carbocycles. The van der Waals surface area contributed by atoms with Crippen molar-refractivity contribution in [1.82, 2.24) is 15.1 Å². The van der Waals surface area contributed by atoms with Crippen molar-refractivity contribution in [3.8, 4) is 5.88 Å². The van der Waals surface area contributed by atoms with Gasteiger partial charge >= 0.3 is 0 Å². The highest BCUT2D eigenvalue weighted by atomic mass is 16.5. The van der Waals surface area contributed by atoms with Gasteiger partial charge in [-0.05, 0) is 12.3 Å². The summed E-state index contributed by atoms with van der Waals surface area (Å²) >= 11 is 0. The predicted octanol–water partition coefficient (Wildman–Crippen LogP) is 1.34. The average molecular weight is 293 g/mol. The second-order valence-corrected chi connectivity index (χ2v) is 5.51. The first-order valence-corrected chi connectivity index (χ1v) is 7.58. The molecule has 0 spiro atoms. The Labute approximate surface area is 124 Å². The monoisotopic (exact) mass is 293 g/mol. The average Bonchev–Trinajstić information content (AvgIpc) is 2.50. The van der Waals surface area contributed by atoms with Crippen molar-refractivity contribution in [1.29, 1.82) is 0 Å². The van der Waals surface area contributed by atoms with E-state index in [1.807, 2.05) is 0 Å². The van der Waals surface area contributed by atoms with Gasteiger partial charge in [-0.2, -0.15) is 0 Å². The zero-order chi connectivity index (χ0) is 15.1. The molecule has 1 fully saturated rings. The smallest absolute Gasteiger partial charge is 0.267 e. The fourth-order valence-corrected chi connectivity index (χ4v) is 2.74. The summed E-state index contributed by atoms with van der Waals surface area (Å²) < 4.78 is 6.07. The van der Waals surface area contributed by atoms with Crippen LogP contribution in [0.25, 0.3) is 0 Å². The quantitative estimate of drug-likeness (QED) is 0.859. The molecule has 6 heteroatoms. The fourth-order valence-electron chi connectivity index (χ4n) is 2.74. The zero-order valence-corrected chi connectivity index (χ0v) is 12.5. The largest absolute Gasteiger partial charge is 0.480 e. The Balaban J connectivity index is 1.77. The number of nitrogens with zero attached hydrogens (tertiary/aromatic N) is 2. The van der Waals surface area contributed by atoms with Crippen molar-refractivity contribution in [2.45, 2.75) is 45.1 Å². The number of aromatic nitrogens is 2. The Morgan fingerprint density at radius 1 is 1.38 bits per heavy atom. The number of hydrogen-bond donors (Lipinski definition) is 1. The number of ether oxygens (including phenoxy) is 1. The van der Waals surface area contributed by atoms with Crippen LogP contribution in [0.5, 0.6) is 5.88 Å². The molecule has 1 N–H and O–H groups in total. The molecule has 6 nitrogen and oxygen atoms in total. The van der Waals surface area contributed by atoms with Crippen LogP contribution in [0.3, 0.4) is 0 Å². The third-order valence-electron chi connectivity index (χ3n) is 3.94. The van der Waals surface area contributed by atoms with Gasteiger partial charge in [-0.25, -0.2) is 4.68 Å². The van der Waals surface area contributed by atoms with E-state index in [0.717, 1.165) is 17.0 Å². The number of carbonyl (C=O) groups is 1. The molecule has 1 aromatic heterocycles. The highest BCUT2D eigenvalue weighted by molar-refractivity contribution is 5.75. The summed E-state index contributed by atoms with van der Waals surface area (Å²) in [5.41, 5.74) is -0.307. The first kappa shape index (κ1) is 15.5. The van der Waals surface area contributed by atoms with Gasteiger partial charge in [0.05, 0.1) is 7.11 Å². The van der Waals surface area contributed by atoms with Crippen molar-refractivity contribution < 1.29 is 9.53 Å². The first-order chi connectivity index (χ1) is 10.2. The van der Waals surface area contributed by atoms with Gasteiger partial charge in [-0.1, -0.05) is 32.1 Å². The maximum atomic E-state index is 11.9. The molecule has 21 heavy (non-hydrogen) atoms. The van der Waals surface area contributed by atoms with E-state index in [1.54, 1.807) is 0 Å². The third-order valence-corrected chi connectivity index (χ3v) is 3.94. The van der Waals surface area contributed by atoms with Crippen LogP contribution in [0, 0.1) is 5.92 Å². The normalized spacial score (nSPS) is 15.7. The van der Waals surface area contributed by atoms with Gasteiger partial charge in [0.25, 0.3) is 5.56 Å². The topological polar surface area (TPSA) is 73.2 Å². The van der Waals surface area contributed by atoms with Crippen molar-refractivity contribution in [2.24, 2.45) is 5.92 Å². The van der Waals surface area contributed by atoms with Crippen LogP contribution in [0.1, 0.15) is 38.5 Å². The molecule has 1 aliphatic rings. The summed E-state index contributed by atoms with van der Waals surface area (Å²) in [6.45, 7) is 0.600. The summed E-state index contributed by atoms with van der Waals surface area (Å²) in [7, 11) is 1.47. The lowest BCUT2D eigenvalue weighted by atomic mass is 9.87. The lowest BCUT2D eigenvalue weighted by Crippen LogP contribution is -2.34. The molecule has 0 saturated heterocycles. The van der Waals surface area contributed by atoms with Crippen molar-refractivity contribution in [2.75, 3.05) is 13.7 Å². The summed E-state index contributed by atoms with van der Waals surface area (Å²) in [5.74, 6) is 0.870. The first-order valence-electron chi connectivity index (χ1n) is 7.58. The van der Waals surface area contributed by atoms with Crippen molar-refractivity contribution in [3.05, 3.63) is 22.5 Å². The van der Waals surface area contributed by atoms with E-state index < -0.39 is 0 Å². The molecule has 0 aromatic carbocycles. The van der Waals surface area contributed by atoms with E-state index in [-0.39, 0.29) is 18.0 Å². The molecule has 116 valence electrons. The Kier molecular flexibility index (Phi) is 5.78. The molecule has 0 aliphatic heterocycles. The van der Waals surface area contributed by atoms with E-state index in [0.29, 0.717) is 12.4 Å². The Morgan fingerprint density at radius 3 is 2.86 bits per heavy atom. The number of carbonyl (C=O) groups excluding carboxylic acids is 1. The van der Waals surface area contributed by atoms with Crippen molar-refractivity contribution in [3.63, 3.8) is 0 Å². The zero-order valence-electron chi connectivity index (χ0n) is 12.5. The van der Waals surface area contributed by atoms with Crippen LogP contribution in [0.2, 0.25) is 0 Å². The molecule has 1 heterocycles. The van der Waals surface area contributed by atoms with Gasteiger partial charge < -0.3 is 10.1 Å². The van der Waals surface area contributed by atoms with Crippen molar-refractivity contribution >= 4 is 5.91 Å². The van der Waals surface area contributed by atoms with Crippen LogP contribution < -0.4 is 15.6 Å². The molecule has 0 unspecified atom stereocenters. The molecule has 0 atom stereocenters. The molecular formula is C15H23N3O3. The number of nitrogens with one attached hydrogen (secondary N) is 1. The minimum absolute atomic E-state index is 0.0688. The molecule has 1 aromatic rings. The summed E-state index contributed by atoms with van der Waals surface area (Å²) in [4.78, 5) is 23.5. The molecule has 2 rings (SSSR count). The van der Waals surface area contributed by atoms with E-state index in [9.17, 15) is 9.59 Å². The minimum atomic E-state index is -0.307. The second kappa shape index (κ2) is 7.81. The summed E-state index contributed by atoms with van der Waals surface area (Å²) in [6, 6.07) is 2.83. The lowest BCUT2D eigenvalue weighted by Gasteiger charge is -2.21. The van der Waals surface area contributed by atoms with E-state index in [1.165, 1.54) is 51.3 Å². The Morgan fingerprint density at radius 2 is 2.14 bits per heavy atom. The lowest BCUT2D eigenvalue weighted by molar-refractivity contribution is -0.121. The van der Waals surface area contributed by atoms with Crippen LogP contribution in [0.15, 0.2) is 16.9 Å². The number of amides is 1. The SMILES string of the molecule is COc1ccc(=O)n(CC(=O)NCCC2CCCCC2)n1. The van der Waals surface area contributed by atoms with Crippen LogP contribution in [-0.2, 0) is 11.3 Å². The molecule has 0 bridgehead atoms. The van der Waals surface area contributed by atoms with Crippen LogP contribution in [0.4, 0.5) is 0 Å². The Bertz CT molecular complexity index is 521. The number of hydrogen-bond acceptors (Lipinski definition) is 4. The van der Waals surface area contributed by atoms with Gasteiger partial charge in [0.2, 0.25) is 11.8 Å². The predicted molar refractivity (Wildman–Crippen MR) is 79.3 cm³/mol. The van der Waals surface area contributed by atoms with E-state index in [2.05, 4.69) is 10.4 Å². The summed E-state index contributed by atoms with van der Waals surface area (Å²) in [5, 5.41) is 6.81. The maximum absolute atomic E-state index is 11.9.